The van der Waals surface area contributed by atoms with E-state index in [9.17, 15) is 0 Å². The number of halogens is 1. The molecule has 1 aromatic carbocycles. The zero-order chi connectivity index (χ0) is 17.6. The lowest BCUT2D eigenvalue weighted by molar-refractivity contribution is 0.648. The van der Waals surface area contributed by atoms with Gasteiger partial charge in [0.05, 0.1) is 11.9 Å². The predicted octanol–water partition coefficient (Wildman–Crippen LogP) is 2.17. The molecule has 0 radical (unpaired) electrons. The van der Waals surface area contributed by atoms with E-state index < -0.39 is 0 Å². The van der Waals surface area contributed by atoms with Crippen LogP contribution in [0.2, 0.25) is 0 Å². The molecule has 1 atom stereocenters. The maximum atomic E-state index is 4.35. The van der Waals surface area contributed by atoms with Crippen molar-refractivity contribution >= 4 is 27.6 Å². The summed E-state index contributed by atoms with van der Waals surface area (Å²) in [5.41, 5.74) is 2.48. The highest BCUT2D eigenvalue weighted by atomic mass is 79.9. The molecule has 134 valence electrons. The molecule has 0 bridgehead atoms. The van der Waals surface area contributed by atoms with Crippen molar-refractivity contribution in [2.45, 2.75) is 18.9 Å². The highest BCUT2D eigenvalue weighted by molar-refractivity contribution is 9.10. The van der Waals surface area contributed by atoms with Gasteiger partial charge in [0.2, 0.25) is 0 Å². The average Bonchev–Trinajstić information content (AvgIpc) is 3.23. The van der Waals surface area contributed by atoms with Crippen molar-refractivity contribution in [3.63, 3.8) is 0 Å². The summed E-state index contributed by atoms with van der Waals surface area (Å²) in [5, 5.41) is 11.1. The molecule has 0 spiro atoms. The van der Waals surface area contributed by atoms with Crippen LogP contribution < -0.4 is 15.5 Å². The second-order valence-electron chi connectivity index (χ2n) is 6.30. The van der Waals surface area contributed by atoms with E-state index >= 15 is 0 Å². The fourth-order valence-electron chi connectivity index (χ4n) is 3.12. The largest absolute Gasteiger partial charge is 0.368 e. The third-order valence-electron chi connectivity index (χ3n) is 4.41. The number of nitrogens with one attached hydrogen (secondary N) is 2. The maximum Gasteiger partial charge on any atom is 0.191 e. The second-order valence-corrected chi connectivity index (χ2v) is 7.15. The smallest absolute Gasteiger partial charge is 0.191 e. The molecule has 25 heavy (non-hydrogen) atoms. The zero-order valence-electron chi connectivity index (χ0n) is 14.7. The first-order valence-corrected chi connectivity index (χ1v) is 9.39. The van der Waals surface area contributed by atoms with Crippen molar-refractivity contribution in [3.05, 3.63) is 46.7 Å². The standard InChI is InChI=1S/C18H25BrN6/c1-20-18(21-9-7-14-11-22-24(2)12-14)23-15-8-10-25(13-15)17-6-4-3-5-16(17)19/h3-6,11-12,15H,7-10,13H2,1-2H3,(H2,20,21,23). The Kier molecular flexibility index (Phi) is 5.96. The third kappa shape index (κ3) is 4.75. The molecule has 2 heterocycles. The minimum Gasteiger partial charge on any atom is -0.368 e. The topological polar surface area (TPSA) is 57.5 Å². The Morgan fingerprint density at radius 1 is 1.40 bits per heavy atom. The van der Waals surface area contributed by atoms with E-state index in [0.29, 0.717) is 6.04 Å². The first kappa shape index (κ1) is 17.8. The summed E-state index contributed by atoms with van der Waals surface area (Å²) in [6.07, 6.45) is 5.99. The Morgan fingerprint density at radius 2 is 2.24 bits per heavy atom. The highest BCUT2D eigenvalue weighted by Gasteiger charge is 2.24. The molecule has 0 amide bonds. The monoisotopic (exact) mass is 404 g/mol. The summed E-state index contributed by atoms with van der Waals surface area (Å²) >= 11 is 3.64. The van der Waals surface area contributed by atoms with E-state index in [2.05, 4.69) is 59.8 Å². The molecule has 1 unspecified atom stereocenters. The van der Waals surface area contributed by atoms with Gasteiger partial charge in [-0.25, -0.2) is 0 Å². The van der Waals surface area contributed by atoms with Gasteiger partial charge in [-0.15, -0.1) is 0 Å². The number of aromatic nitrogens is 2. The normalized spacial score (nSPS) is 17.8. The van der Waals surface area contributed by atoms with Crippen LogP contribution in [-0.4, -0.2) is 48.5 Å². The minimum atomic E-state index is 0.400. The van der Waals surface area contributed by atoms with Crippen LogP contribution in [0.4, 0.5) is 5.69 Å². The fraction of sp³-hybridized carbons (Fsp3) is 0.444. The van der Waals surface area contributed by atoms with Crippen LogP contribution in [0.25, 0.3) is 0 Å². The summed E-state index contributed by atoms with van der Waals surface area (Å²) in [5.74, 6) is 0.864. The number of rotatable bonds is 5. The molecular weight excluding hydrogens is 380 g/mol. The van der Waals surface area contributed by atoms with Gasteiger partial charge in [0, 0.05) is 50.4 Å². The summed E-state index contributed by atoms with van der Waals surface area (Å²) in [7, 11) is 3.76. The van der Waals surface area contributed by atoms with E-state index in [1.54, 1.807) is 0 Å². The fourth-order valence-corrected chi connectivity index (χ4v) is 3.65. The lowest BCUT2D eigenvalue weighted by Crippen LogP contribution is -2.45. The number of para-hydroxylation sites is 1. The van der Waals surface area contributed by atoms with Crippen LogP contribution in [0.1, 0.15) is 12.0 Å². The molecule has 1 fully saturated rings. The van der Waals surface area contributed by atoms with Crippen LogP contribution in [0, 0.1) is 0 Å². The molecule has 1 saturated heterocycles. The summed E-state index contributed by atoms with van der Waals surface area (Å²) in [6, 6.07) is 8.78. The van der Waals surface area contributed by atoms with Crippen molar-refractivity contribution in [2.75, 3.05) is 31.6 Å². The van der Waals surface area contributed by atoms with Gasteiger partial charge in [-0.1, -0.05) is 12.1 Å². The molecule has 3 rings (SSSR count). The second kappa shape index (κ2) is 8.38. The predicted molar refractivity (Wildman–Crippen MR) is 106 cm³/mol. The van der Waals surface area contributed by atoms with Gasteiger partial charge in [-0.3, -0.25) is 9.67 Å². The summed E-state index contributed by atoms with van der Waals surface area (Å²) in [4.78, 5) is 6.76. The SMILES string of the molecule is CN=C(NCCc1cnn(C)c1)NC1CCN(c2ccccc2Br)C1. The zero-order valence-corrected chi connectivity index (χ0v) is 16.3. The Bertz CT molecular complexity index is 726. The molecule has 1 aromatic heterocycles. The molecule has 0 aliphatic carbocycles. The van der Waals surface area contributed by atoms with E-state index in [-0.39, 0.29) is 0 Å². The molecule has 1 aliphatic heterocycles. The molecule has 6 nitrogen and oxygen atoms in total. The van der Waals surface area contributed by atoms with Crippen LogP contribution in [0.5, 0.6) is 0 Å². The van der Waals surface area contributed by atoms with Gasteiger partial charge in [0.25, 0.3) is 0 Å². The van der Waals surface area contributed by atoms with Crippen LogP contribution in [0.15, 0.2) is 46.1 Å². The van der Waals surface area contributed by atoms with E-state index in [0.717, 1.165) is 42.9 Å². The molecule has 7 heteroatoms. The lowest BCUT2D eigenvalue weighted by atomic mass is 10.2. The van der Waals surface area contributed by atoms with Crippen molar-refractivity contribution < 1.29 is 0 Å². The summed E-state index contributed by atoms with van der Waals surface area (Å²) < 4.78 is 2.98. The van der Waals surface area contributed by atoms with Gasteiger partial charge in [0.15, 0.2) is 5.96 Å². The Balaban J connectivity index is 1.47. The number of nitrogens with zero attached hydrogens (tertiary/aromatic N) is 4. The van der Waals surface area contributed by atoms with E-state index in [4.69, 9.17) is 0 Å². The number of benzene rings is 1. The number of aliphatic imine (C=N–C) groups is 1. The number of aryl methyl sites for hydroxylation is 1. The minimum absolute atomic E-state index is 0.400. The van der Waals surface area contributed by atoms with Gasteiger partial charge >= 0.3 is 0 Å². The van der Waals surface area contributed by atoms with Crippen molar-refractivity contribution in [1.29, 1.82) is 0 Å². The molecule has 1 aliphatic rings. The number of hydrogen-bond acceptors (Lipinski definition) is 3. The van der Waals surface area contributed by atoms with Crippen molar-refractivity contribution in [1.82, 2.24) is 20.4 Å². The van der Waals surface area contributed by atoms with Gasteiger partial charge < -0.3 is 15.5 Å². The molecule has 0 saturated carbocycles. The van der Waals surface area contributed by atoms with Gasteiger partial charge in [-0.05, 0) is 46.5 Å². The molecular formula is C18H25BrN6. The number of hydrogen-bond donors (Lipinski definition) is 2. The Morgan fingerprint density at radius 3 is 2.96 bits per heavy atom. The Hall–Kier alpha value is -2.02. The third-order valence-corrected chi connectivity index (χ3v) is 5.08. The summed E-state index contributed by atoms with van der Waals surface area (Å²) in [6.45, 7) is 2.87. The first-order chi connectivity index (χ1) is 12.2. The quantitative estimate of drug-likeness (QED) is 0.592. The van der Waals surface area contributed by atoms with E-state index in [1.807, 2.05) is 37.2 Å². The maximum absolute atomic E-state index is 4.35. The van der Waals surface area contributed by atoms with Crippen molar-refractivity contribution in [3.8, 4) is 0 Å². The van der Waals surface area contributed by atoms with Gasteiger partial charge in [-0.2, -0.15) is 5.10 Å². The molecule has 2 aromatic rings. The highest BCUT2D eigenvalue weighted by Crippen LogP contribution is 2.28. The first-order valence-electron chi connectivity index (χ1n) is 8.60. The van der Waals surface area contributed by atoms with Crippen LogP contribution in [-0.2, 0) is 13.5 Å². The van der Waals surface area contributed by atoms with Gasteiger partial charge in [0.1, 0.15) is 0 Å². The average molecular weight is 405 g/mol. The number of anilines is 1. The van der Waals surface area contributed by atoms with Crippen LogP contribution in [0.3, 0.4) is 0 Å². The Labute approximate surface area is 157 Å². The number of guanidine groups is 1. The van der Waals surface area contributed by atoms with E-state index in [1.165, 1.54) is 11.3 Å². The molecule has 2 N–H and O–H groups in total. The lowest BCUT2D eigenvalue weighted by Gasteiger charge is -2.21. The van der Waals surface area contributed by atoms with Crippen LogP contribution >= 0.6 is 15.9 Å². The van der Waals surface area contributed by atoms with Crippen molar-refractivity contribution in [2.24, 2.45) is 12.0 Å².